The van der Waals surface area contributed by atoms with Crippen molar-refractivity contribution < 1.29 is 9.32 Å². The van der Waals surface area contributed by atoms with Crippen LogP contribution in [0.15, 0.2) is 10.6 Å². The topological polar surface area (TPSA) is 70.4 Å². The lowest BCUT2D eigenvalue weighted by atomic mass is 10.1. The molecule has 0 unspecified atom stereocenters. The summed E-state index contributed by atoms with van der Waals surface area (Å²) in [5.41, 5.74) is 0.761. The van der Waals surface area contributed by atoms with Gasteiger partial charge in [0.05, 0.1) is 12.2 Å². The van der Waals surface area contributed by atoms with E-state index >= 15 is 0 Å². The van der Waals surface area contributed by atoms with Crippen LogP contribution in [-0.2, 0) is 4.79 Å². The van der Waals surface area contributed by atoms with Crippen molar-refractivity contribution in [3.05, 3.63) is 11.8 Å². The highest BCUT2D eigenvalue weighted by atomic mass is 16.5. The van der Waals surface area contributed by atoms with Gasteiger partial charge in [0, 0.05) is 12.1 Å². The minimum Gasteiger partial charge on any atom is -0.338 e. The lowest BCUT2D eigenvalue weighted by Crippen LogP contribution is -2.44. The Morgan fingerprint density at radius 1 is 1.61 bits per heavy atom. The van der Waals surface area contributed by atoms with Gasteiger partial charge in [-0.15, -0.1) is 0 Å². The number of aromatic nitrogens is 1. The number of likely N-dealkylation sites (N-methyl/N-ethyl adjacent to an activating group) is 1. The van der Waals surface area contributed by atoms with Gasteiger partial charge in [0.25, 0.3) is 0 Å². The normalized spacial score (nSPS) is 17.1. The molecule has 1 aromatic rings. The molecule has 2 heterocycles. The van der Waals surface area contributed by atoms with Crippen LogP contribution in [-0.4, -0.2) is 48.7 Å². The summed E-state index contributed by atoms with van der Waals surface area (Å²) in [5, 5.41) is 9.75. The standard InChI is InChI=1S/C12H20N4O2/c1-9-7-12(18-15-9)14-11(17)8-16(2)10-3-5-13-6-4-10/h7,10,13H,3-6,8H2,1-2H3,(H,14,17). The van der Waals surface area contributed by atoms with Crippen LogP contribution in [0.3, 0.4) is 0 Å². The Hall–Kier alpha value is -1.40. The van der Waals surface area contributed by atoms with Gasteiger partial charge in [0.15, 0.2) is 0 Å². The largest absolute Gasteiger partial charge is 0.338 e. The van der Waals surface area contributed by atoms with Crippen molar-refractivity contribution in [3.63, 3.8) is 0 Å². The molecule has 0 radical (unpaired) electrons. The van der Waals surface area contributed by atoms with Gasteiger partial charge in [0.1, 0.15) is 0 Å². The van der Waals surface area contributed by atoms with E-state index in [1.165, 1.54) is 0 Å². The van der Waals surface area contributed by atoms with Crippen LogP contribution in [0.5, 0.6) is 0 Å². The molecular formula is C12H20N4O2. The van der Waals surface area contributed by atoms with Gasteiger partial charge in [-0.1, -0.05) is 5.16 Å². The van der Waals surface area contributed by atoms with Crippen molar-refractivity contribution in [2.24, 2.45) is 0 Å². The molecule has 6 heteroatoms. The number of rotatable bonds is 4. The van der Waals surface area contributed by atoms with Crippen molar-refractivity contribution in [3.8, 4) is 0 Å². The minimum atomic E-state index is -0.0628. The first kappa shape index (κ1) is 13.0. The summed E-state index contributed by atoms with van der Waals surface area (Å²) in [6.45, 7) is 4.25. The highest BCUT2D eigenvalue weighted by Gasteiger charge is 2.19. The van der Waals surface area contributed by atoms with Crippen LogP contribution in [0.1, 0.15) is 18.5 Å². The van der Waals surface area contributed by atoms with E-state index in [9.17, 15) is 4.79 Å². The summed E-state index contributed by atoms with van der Waals surface area (Å²) in [7, 11) is 1.99. The molecule has 1 fully saturated rings. The lowest BCUT2D eigenvalue weighted by Gasteiger charge is -2.30. The van der Waals surface area contributed by atoms with E-state index in [1.54, 1.807) is 6.07 Å². The number of piperidine rings is 1. The van der Waals surface area contributed by atoms with Crippen LogP contribution in [0.25, 0.3) is 0 Å². The molecule has 0 bridgehead atoms. The zero-order valence-corrected chi connectivity index (χ0v) is 10.9. The predicted octanol–water partition coefficient (Wildman–Crippen LogP) is 0.605. The Kier molecular flexibility index (Phi) is 4.33. The SMILES string of the molecule is Cc1cc(NC(=O)CN(C)C2CCNCC2)on1. The quantitative estimate of drug-likeness (QED) is 0.821. The van der Waals surface area contributed by atoms with Gasteiger partial charge >= 0.3 is 0 Å². The molecule has 1 aliphatic heterocycles. The number of amides is 1. The first-order valence-electron chi connectivity index (χ1n) is 6.29. The first-order valence-corrected chi connectivity index (χ1v) is 6.29. The third kappa shape index (κ3) is 3.54. The van der Waals surface area contributed by atoms with E-state index in [2.05, 4.69) is 20.7 Å². The van der Waals surface area contributed by atoms with Crippen molar-refractivity contribution >= 4 is 11.8 Å². The van der Waals surface area contributed by atoms with E-state index in [4.69, 9.17) is 4.52 Å². The fourth-order valence-corrected chi connectivity index (χ4v) is 2.20. The van der Waals surface area contributed by atoms with Crippen molar-refractivity contribution in [2.75, 3.05) is 32.0 Å². The van der Waals surface area contributed by atoms with Crippen molar-refractivity contribution in [1.82, 2.24) is 15.4 Å². The molecular weight excluding hydrogens is 232 g/mol. The van der Waals surface area contributed by atoms with E-state index in [1.807, 2.05) is 14.0 Å². The van der Waals surface area contributed by atoms with Crippen molar-refractivity contribution in [1.29, 1.82) is 0 Å². The Morgan fingerprint density at radius 3 is 2.94 bits per heavy atom. The van der Waals surface area contributed by atoms with Gasteiger partial charge in [-0.25, -0.2) is 0 Å². The zero-order chi connectivity index (χ0) is 13.0. The van der Waals surface area contributed by atoms with Gasteiger partial charge in [-0.2, -0.15) is 0 Å². The third-order valence-electron chi connectivity index (χ3n) is 3.22. The van der Waals surface area contributed by atoms with Crippen LogP contribution < -0.4 is 10.6 Å². The average molecular weight is 252 g/mol. The first-order chi connectivity index (χ1) is 8.65. The molecule has 0 spiro atoms. The second kappa shape index (κ2) is 5.97. The van der Waals surface area contributed by atoms with Gasteiger partial charge in [0.2, 0.25) is 11.8 Å². The molecule has 1 saturated heterocycles. The molecule has 2 N–H and O–H groups in total. The molecule has 0 aromatic carbocycles. The van der Waals surface area contributed by atoms with Gasteiger partial charge in [-0.3, -0.25) is 15.0 Å². The summed E-state index contributed by atoms with van der Waals surface area (Å²) in [6.07, 6.45) is 2.18. The molecule has 0 aliphatic carbocycles. The molecule has 1 aromatic heterocycles. The Bertz CT molecular complexity index is 399. The predicted molar refractivity (Wildman–Crippen MR) is 68.4 cm³/mol. The Labute approximate surface area is 107 Å². The van der Waals surface area contributed by atoms with E-state index < -0.39 is 0 Å². The molecule has 100 valence electrons. The van der Waals surface area contributed by atoms with Crippen molar-refractivity contribution in [2.45, 2.75) is 25.8 Å². The molecule has 18 heavy (non-hydrogen) atoms. The number of aryl methyl sites for hydroxylation is 1. The van der Waals surface area contributed by atoms with Crippen LogP contribution in [0.4, 0.5) is 5.88 Å². The number of nitrogens with zero attached hydrogens (tertiary/aromatic N) is 2. The fraction of sp³-hybridized carbons (Fsp3) is 0.667. The molecule has 2 rings (SSSR count). The number of hydrogen-bond acceptors (Lipinski definition) is 5. The summed E-state index contributed by atoms with van der Waals surface area (Å²) >= 11 is 0. The average Bonchev–Trinajstić information content (AvgIpc) is 2.75. The number of anilines is 1. The van der Waals surface area contributed by atoms with Crippen LogP contribution >= 0.6 is 0 Å². The maximum atomic E-state index is 11.8. The maximum Gasteiger partial charge on any atom is 0.240 e. The molecule has 1 aliphatic rings. The number of carbonyl (C=O) groups excluding carboxylic acids is 1. The monoisotopic (exact) mass is 252 g/mol. The number of carbonyl (C=O) groups is 1. The Balaban J connectivity index is 1.79. The summed E-state index contributed by atoms with van der Waals surface area (Å²) in [4.78, 5) is 13.9. The van der Waals surface area contributed by atoms with Gasteiger partial charge < -0.3 is 9.84 Å². The Morgan fingerprint density at radius 2 is 2.33 bits per heavy atom. The molecule has 0 atom stereocenters. The summed E-state index contributed by atoms with van der Waals surface area (Å²) in [5.74, 6) is 0.350. The molecule has 6 nitrogen and oxygen atoms in total. The smallest absolute Gasteiger partial charge is 0.240 e. The highest BCUT2D eigenvalue weighted by molar-refractivity contribution is 5.90. The second-order valence-electron chi connectivity index (χ2n) is 4.78. The van der Waals surface area contributed by atoms with E-state index in [0.29, 0.717) is 18.5 Å². The van der Waals surface area contributed by atoms with Crippen LogP contribution in [0, 0.1) is 6.92 Å². The number of hydrogen-bond donors (Lipinski definition) is 2. The van der Waals surface area contributed by atoms with Gasteiger partial charge in [-0.05, 0) is 39.9 Å². The van der Waals surface area contributed by atoms with Crippen LogP contribution in [0.2, 0.25) is 0 Å². The fourth-order valence-electron chi connectivity index (χ4n) is 2.20. The zero-order valence-electron chi connectivity index (χ0n) is 10.9. The van der Waals surface area contributed by atoms with E-state index in [-0.39, 0.29) is 5.91 Å². The lowest BCUT2D eigenvalue weighted by molar-refractivity contribution is -0.117. The molecule has 1 amide bonds. The second-order valence-corrected chi connectivity index (χ2v) is 4.78. The summed E-state index contributed by atoms with van der Waals surface area (Å²) < 4.78 is 4.95. The maximum absolute atomic E-state index is 11.8. The minimum absolute atomic E-state index is 0.0628. The summed E-state index contributed by atoms with van der Waals surface area (Å²) in [6, 6.07) is 2.19. The third-order valence-corrected chi connectivity index (χ3v) is 3.22. The highest BCUT2D eigenvalue weighted by Crippen LogP contribution is 2.11. The number of nitrogens with one attached hydrogen (secondary N) is 2. The van der Waals surface area contributed by atoms with E-state index in [0.717, 1.165) is 31.6 Å². The molecule has 0 saturated carbocycles.